The van der Waals surface area contributed by atoms with E-state index in [-0.39, 0.29) is 18.3 Å². The number of guanidine groups is 1. The molecule has 0 aliphatic heterocycles. The smallest absolute Gasteiger partial charge is 0.413 e. The maximum absolute atomic E-state index is 11.9. The molecule has 11 heteroatoms. The van der Waals surface area contributed by atoms with Crippen LogP contribution in [0.15, 0.2) is 57.2 Å². The molecule has 31 heavy (non-hydrogen) atoms. The van der Waals surface area contributed by atoms with Crippen LogP contribution in [0.3, 0.4) is 0 Å². The molecule has 0 heterocycles. The number of benzene rings is 2. The number of aliphatic imine (C=N–C) groups is 1. The van der Waals surface area contributed by atoms with E-state index in [0.717, 1.165) is 9.79 Å². The molecule has 3 amide bonds. The number of carbonyl (C=O) groups excluding carboxylic acids is 3. The standard InChI is InChI=1S/C20H21ClN4O5S/c1-4-17(26)22-15-10-9-14(31-13-7-5-12(21)6-8-13)11-16(15)23-18(24-19(27)29-2)25-20(28)30-3/h5-11H,4H2,1-3H3,(H,22,26)(H2,23,24,25,27,28). The molecule has 0 atom stereocenters. The topological polar surface area (TPSA) is 118 Å². The quantitative estimate of drug-likeness (QED) is 0.441. The minimum atomic E-state index is -0.846. The molecule has 2 aromatic rings. The van der Waals surface area contributed by atoms with Gasteiger partial charge in [-0.3, -0.25) is 15.4 Å². The van der Waals surface area contributed by atoms with E-state index in [1.54, 1.807) is 31.2 Å². The molecular formula is C20H21ClN4O5S. The summed E-state index contributed by atoms with van der Waals surface area (Å²) >= 11 is 7.37. The summed E-state index contributed by atoms with van der Waals surface area (Å²) in [5.74, 6) is -0.461. The average molecular weight is 465 g/mol. The second kappa shape index (κ2) is 11.8. The van der Waals surface area contributed by atoms with E-state index in [1.807, 2.05) is 18.2 Å². The lowest BCUT2D eigenvalue weighted by atomic mass is 10.2. The molecule has 0 spiro atoms. The van der Waals surface area contributed by atoms with E-state index < -0.39 is 12.2 Å². The van der Waals surface area contributed by atoms with Gasteiger partial charge in [-0.25, -0.2) is 14.6 Å². The summed E-state index contributed by atoms with van der Waals surface area (Å²) < 4.78 is 9.10. The molecule has 2 rings (SSSR count). The third-order valence-corrected chi connectivity index (χ3v) is 4.91. The van der Waals surface area contributed by atoms with Gasteiger partial charge in [0.15, 0.2) is 0 Å². The lowest BCUT2D eigenvalue weighted by molar-refractivity contribution is -0.115. The highest BCUT2D eigenvalue weighted by molar-refractivity contribution is 7.99. The Kier molecular flexibility index (Phi) is 9.16. The van der Waals surface area contributed by atoms with Crippen LogP contribution in [0.2, 0.25) is 5.02 Å². The van der Waals surface area contributed by atoms with Gasteiger partial charge >= 0.3 is 12.2 Å². The SMILES string of the molecule is CCC(=O)Nc1ccc(Sc2ccc(Cl)cc2)cc1N=C(NC(=O)OC)NC(=O)OC. The van der Waals surface area contributed by atoms with E-state index in [1.165, 1.54) is 26.0 Å². The Morgan fingerprint density at radius 1 is 0.968 bits per heavy atom. The van der Waals surface area contributed by atoms with Crippen LogP contribution in [0, 0.1) is 0 Å². The number of amides is 3. The first kappa shape index (κ1) is 24.0. The Morgan fingerprint density at radius 3 is 2.10 bits per heavy atom. The Balaban J connectivity index is 2.44. The summed E-state index contributed by atoms with van der Waals surface area (Å²) in [6.07, 6.45) is -1.43. The van der Waals surface area contributed by atoms with Gasteiger partial charge in [0, 0.05) is 21.2 Å². The molecule has 2 aromatic carbocycles. The van der Waals surface area contributed by atoms with Crippen molar-refractivity contribution in [3.05, 3.63) is 47.5 Å². The van der Waals surface area contributed by atoms with E-state index in [4.69, 9.17) is 11.6 Å². The van der Waals surface area contributed by atoms with Crippen molar-refractivity contribution in [1.29, 1.82) is 0 Å². The van der Waals surface area contributed by atoms with Crippen LogP contribution < -0.4 is 16.0 Å². The molecule has 0 radical (unpaired) electrons. The summed E-state index contributed by atoms with van der Waals surface area (Å²) in [4.78, 5) is 41.2. The van der Waals surface area contributed by atoms with Gasteiger partial charge in [0.2, 0.25) is 11.9 Å². The number of halogens is 1. The predicted molar refractivity (Wildman–Crippen MR) is 119 cm³/mol. The number of hydrogen-bond acceptors (Lipinski definition) is 7. The Morgan fingerprint density at radius 2 is 1.55 bits per heavy atom. The number of anilines is 1. The van der Waals surface area contributed by atoms with E-state index in [2.05, 4.69) is 30.4 Å². The molecule has 9 nitrogen and oxygen atoms in total. The fraction of sp³-hybridized carbons (Fsp3) is 0.200. The fourth-order valence-corrected chi connectivity index (χ4v) is 3.13. The van der Waals surface area contributed by atoms with Crippen LogP contribution in [0.5, 0.6) is 0 Å². The lowest BCUT2D eigenvalue weighted by Crippen LogP contribution is -2.43. The number of hydrogen-bond donors (Lipinski definition) is 3. The molecule has 0 unspecified atom stereocenters. The van der Waals surface area contributed by atoms with Crippen LogP contribution in [0.1, 0.15) is 13.3 Å². The molecule has 0 bridgehead atoms. The zero-order valence-corrected chi connectivity index (χ0v) is 18.6. The first-order valence-electron chi connectivity index (χ1n) is 9.00. The van der Waals surface area contributed by atoms with Crippen molar-refractivity contribution in [1.82, 2.24) is 10.6 Å². The third kappa shape index (κ3) is 7.83. The largest absolute Gasteiger partial charge is 0.453 e. The van der Waals surface area contributed by atoms with Crippen molar-refractivity contribution >= 4 is 58.8 Å². The number of carbonyl (C=O) groups is 3. The Labute approximate surface area is 188 Å². The molecule has 0 aliphatic carbocycles. The van der Waals surface area contributed by atoms with Crippen molar-refractivity contribution < 1.29 is 23.9 Å². The summed E-state index contributed by atoms with van der Waals surface area (Å²) in [6.45, 7) is 1.71. The molecule has 0 saturated heterocycles. The van der Waals surface area contributed by atoms with Gasteiger partial charge in [-0.15, -0.1) is 0 Å². The Hall–Kier alpha value is -3.24. The summed E-state index contributed by atoms with van der Waals surface area (Å²) in [5, 5.41) is 7.95. The second-order valence-electron chi connectivity index (χ2n) is 5.83. The van der Waals surface area contributed by atoms with Gasteiger partial charge in [-0.1, -0.05) is 30.3 Å². The number of rotatable bonds is 5. The van der Waals surface area contributed by atoms with E-state index in [0.29, 0.717) is 16.4 Å². The second-order valence-corrected chi connectivity index (χ2v) is 7.41. The van der Waals surface area contributed by atoms with Crippen molar-refractivity contribution in [3.8, 4) is 0 Å². The van der Waals surface area contributed by atoms with Gasteiger partial charge in [-0.05, 0) is 42.5 Å². The number of alkyl carbamates (subject to hydrolysis) is 2. The molecule has 3 N–H and O–H groups in total. The highest BCUT2D eigenvalue weighted by atomic mass is 35.5. The van der Waals surface area contributed by atoms with Crippen LogP contribution in [0.4, 0.5) is 21.0 Å². The highest BCUT2D eigenvalue weighted by Gasteiger charge is 2.13. The molecule has 0 aliphatic rings. The normalized spacial score (nSPS) is 9.94. The lowest BCUT2D eigenvalue weighted by Gasteiger charge is -2.13. The van der Waals surface area contributed by atoms with Crippen molar-refractivity contribution in [3.63, 3.8) is 0 Å². The van der Waals surface area contributed by atoms with Crippen molar-refractivity contribution in [2.24, 2.45) is 4.99 Å². The summed E-state index contributed by atoms with van der Waals surface area (Å²) in [5.41, 5.74) is 0.687. The number of nitrogens with zero attached hydrogens (tertiary/aromatic N) is 1. The van der Waals surface area contributed by atoms with Crippen molar-refractivity contribution in [2.45, 2.75) is 23.1 Å². The number of ether oxygens (including phenoxy) is 2. The molecular weight excluding hydrogens is 444 g/mol. The minimum Gasteiger partial charge on any atom is -0.453 e. The van der Waals surface area contributed by atoms with Crippen LogP contribution in [0.25, 0.3) is 0 Å². The van der Waals surface area contributed by atoms with E-state index in [9.17, 15) is 14.4 Å². The molecule has 0 saturated carbocycles. The molecule has 0 aromatic heterocycles. The third-order valence-electron chi connectivity index (χ3n) is 3.66. The van der Waals surface area contributed by atoms with Crippen LogP contribution >= 0.6 is 23.4 Å². The molecule has 0 fully saturated rings. The maximum Gasteiger partial charge on any atom is 0.413 e. The Bertz CT molecular complexity index is 962. The monoisotopic (exact) mass is 464 g/mol. The first-order chi connectivity index (χ1) is 14.8. The fourth-order valence-electron chi connectivity index (χ4n) is 2.15. The highest BCUT2D eigenvalue weighted by Crippen LogP contribution is 2.35. The van der Waals surface area contributed by atoms with Crippen LogP contribution in [-0.4, -0.2) is 38.3 Å². The summed E-state index contributed by atoms with van der Waals surface area (Å²) in [6, 6.07) is 12.5. The maximum atomic E-state index is 11.9. The van der Waals surface area contributed by atoms with Crippen LogP contribution in [-0.2, 0) is 14.3 Å². The zero-order valence-electron chi connectivity index (χ0n) is 17.0. The summed E-state index contributed by atoms with van der Waals surface area (Å²) in [7, 11) is 2.34. The minimum absolute atomic E-state index is 0.224. The van der Waals surface area contributed by atoms with Gasteiger partial charge in [-0.2, -0.15) is 0 Å². The van der Waals surface area contributed by atoms with Gasteiger partial charge in [0.05, 0.1) is 25.6 Å². The number of nitrogens with one attached hydrogen (secondary N) is 3. The van der Waals surface area contributed by atoms with Gasteiger partial charge < -0.3 is 14.8 Å². The van der Waals surface area contributed by atoms with Crippen molar-refractivity contribution in [2.75, 3.05) is 19.5 Å². The van der Waals surface area contributed by atoms with Gasteiger partial charge in [0.25, 0.3) is 0 Å². The van der Waals surface area contributed by atoms with Gasteiger partial charge in [0.1, 0.15) is 0 Å². The molecule has 164 valence electrons. The zero-order chi connectivity index (χ0) is 22.8. The predicted octanol–water partition coefficient (Wildman–Crippen LogP) is 4.54. The average Bonchev–Trinajstić information content (AvgIpc) is 2.76. The number of methoxy groups -OCH3 is 2. The van der Waals surface area contributed by atoms with E-state index >= 15 is 0 Å². The first-order valence-corrected chi connectivity index (χ1v) is 10.2.